The largest absolute Gasteiger partial charge is 0.502 e. The molecular weight excluding hydrogens is 444 g/mol. The van der Waals surface area contributed by atoms with Gasteiger partial charge in [-0.15, -0.1) is 5.10 Å². The van der Waals surface area contributed by atoms with E-state index in [9.17, 15) is 13.5 Å². The van der Waals surface area contributed by atoms with E-state index in [1.807, 2.05) is 18.2 Å². The van der Waals surface area contributed by atoms with Crippen LogP contribution in [0.3, 0.4) is 0 Å². The Hall–Kier alpha value is -2.36. The second-order valence-corrected chi connectivity index (χ2v) is 8.67. The molecule has 1 aromatic heterocycles. The van der Waals surface area contributed by atoms with Gasteiger partial charge in [0.15, 0.2) is 11.6 Å². The molecule has 28 heavy (non-hydrogen) atoms. The molecule has 2 aromatic carbocycles. The van der Waals surface area contributed by atoms with Gasteiger partial charge in [0, 0.05) is 11.9 Å². The molecule has 0 aliphatic rings. The molecule has 0 amide bonds. The molecule has 148 valence electrons. The molecule has 3 aromatic rings. The lowest BCUT2D eigenvalue weighted by atomic mass is 10.3. The molecule has 0 radical (unpaired) electrons. The van der Waals surface area contributed by atoms with Crippen LogP contribution in [0.15, 0.2) is 70.6 Å². The van der Waals surface area contributed by atoms with Crippen molar-refractivity contribution in [1.29, 1.82) is 0 Å². The highest BCUT2D eigenvalue weighted by Gasteiger charge is 2.30. The number of anilines is 1. The minimum atomic E-state index is -3.97. The molecule has 0 saturated carbocycles. The number of unbranched alkanes of at least 4 members (excludes halogenated alkanes) is 1. The van der Waals surface area contributed by atoms with Crippen molar-refractivity contribution < 1.29 is 13.5 Å². The summed E-state index contributed by atoms with van der Waals surface area (Å²) >= 11 is 3.38. The number of alkyl halides is 1. The average Bonchev–Trinajstić information content (AvgIpc) is 3.06. The van der Waals surface area contributed by atoms with Crippen molar-refractivity contribution in [1.82, 2.24) is 15.2 Å². The SMILES string of the molecule is O=S(=O)(c1ccccc1)c1nn(-c2ccccc2)c(NNCCCCBr)c1O. The lowest BCUT2D eigenvalue weighted by Crippen LogP contribution is -2.24. The predicted octanol–water partition coefficient (Wildman–Crippen LogP) is 3.50. The molecule has 7 nitrogen and oxygen atoms in total. The summed E-state index contributed by atoms with van der Waals surface area (Å²) in [5.74, 6) is -0.264. The van der Waals surface area contributed by atoms with Crippen LogP contribution in [0.2, 0.25) is 0 Å². The van der Waals surface area contributed by atoms with Crippen molar-refractivity contribution >= 4 is 31.6 Å². The predicted molar refractivity (Wildman–Crippen MR) is 112 cm³/mol. The number of nitrogens with zero attached hydrogens (tertiary/aromatic N) is 2. The fraction of sp³-hybridized carbons (Fsp3) is 0.211. The van der Waals surface area contributed by atoms with E-state index >= 15 is 0 Å². The normalized spacial score (nSPS) is 11.5. The van der Waals surface area contributed by atoms with E-state index in [0.717, 1.165) is 18.2 Å². The Morgan fingerprint density at radius 1 is 1.00 bits per heavy atom. The number of hydrogen-bond donors (Lipinski definition) is 3. The van der Waals surface area contributed by atoms with E-state index in [1.54, 1.807) is 30.3 Å². The molecule has 0 saturated heterocycles. The lowest BCUT2D eigenvalue weighted by molar-refractivity contribution is 0.459. The summed E-state index contributed by atoms with van der Waals surface area (Å²) in [4.78, 5) is 0.0693. The summed E-state index contributed by atoms with van der Waals surface area (Å²) < 4.78 is 27.3. The number of aromatic nitrogens is 2. The number of nitrogens with one attached hydrogen (secondary N) is 2. The van der Waals surface area contributed by atoms with Crippen molar-refractivity contribution in [2.45, 2.75) is 22.8 Å². The standard InChI is InChI=1S/C19H21BrN4O3S/c20-13-7-8-14-21-22-18-17(25)19(23-24(18)15-9-3-1-4-10-15)28(26,27)16-11-5-2-6-12-16/h1-6,9-12,21-22,25H,7-8,13-14H2. The van der Waals surface area contributed by atoms with Crippen molar-refractivity contribution in [2.24, 2.45) is 0 Å². The van der Waals surface area contributed by atoms with Gasteiger partial charge in [-0.3, -0.25) is 0 Å². The summed E-state index contributed by atoms with van der Waals surface area (Å²) in [5, 5.41) is 15.4. The highest BCUT2D eigenvalue weighted by Crippen LogP contribution is 2.35. The van der Waals surface area contributed by atoms with Gasteiger partial charge in [0.1, 0.15) is 0 Å². The van der Waals surface area contributed by atoms with Crippen molar-refractivity contribution in [3.8, 4) is 11.4 Å². The number of sulfone groups is 1. The highest BCUT2D eigenvalue weighted by atomic mass is 79.9. The van der Waals surface area contributed by atoms with Gasteiger partial charge >= 0.3 is 0 Å². The number of hydrazine groups is 1. The summed E-state index contributed by atoms with van der Waals surface area (Å²) in [6.07, 6.45) is 1.90. The molecule has 0 fully saturated rings. The molecular formula is C19H21BrN4O3S. The van der Waals surface area contributed by atoms with Gasteiger partial charge in [-0.2, -0.15) is 0 Å². The van der Waals surface area contributed by atoms with Crippen LogP contribution >= 0.6 is 15.9 Å². The maximum Gasteiger partial charge on any atom is 0.229 e. The summed E-state index contributed by atoms with van der Waals surface area (Å²) in [6, 6.07) is 17.0. The fourth-order valence-corrected chi connectivity index (χ4v) is 4.28. The van der Waals surface area contributed by atoms with Crippen LogP contribution < -0.4 is 10.9 Å². The maximum atomic E-state index is 13.0. The first-order chi connectivity index (χ1) is 13.6. The Balaban J connectivity index is 2.00. The maximum absolute atomic E-state index is 13.0. The molecule has 1 heterocycles. The summed E-state index contributed by atoms with van der Waals surface area (Å²) in [5.41, 5.74) is 6.53. The second kappa shape index (κ2) is 9.22. The highest BCUT2D eigenvalue weighted by molar-refractivity contribution is 9.09. The summed E-state index contributed by atoms with van der Waals surface area (Å²) in [6.45, 7) is 0.645. The molecule has 0 unspecified atom stereocenters. The van der Waals surface area contributed by atoms with E-state index in [-0.39, 0.29) is 10.7 Å². The zero-order chi connectivity index (χ0) is 20.0. The molecule has 3 N–H and O–H groups in total. The number of para-hydroxylation sites is 1. The van der Waals surface area contributed by atoms with E-state index in [4.69, 9.17) is 0 Å². The van der Waals surface area contributed by atoms with E-state index in [0.29, 0.717) is 12.2 Å². The van der Waals surface area contributed by atoms with Gasteiger partial charge in [0.2, 0.25) is 14.9 Å². The van der Waals surface area contributed by atoms with Gasteiger partial charge in [0.05, 0.1) is 10.6 Å². The Morgan fingerprint density at radius 2 is 1.64 bits per heavy atom. The number of hydrogen-bond acceptors (Lipinski definition) is 6. The molecule has 9 heteroatoms. The minimum absolute atomic E-state index is 0.0693. The first kappa shape index (κ1) is 20.4. The monoisotopic (exact) mass is 464 g/mol. The molecule has 0 bridgehead atoms. The van der Waals surface area contributed by atoms with Crippen LogP contribution in [0.25, 0.3) is 5.69 Å². The van der Waals surface area contributed by atoms with Gasteiger partial charge in [-0.05, 0) is 37.1 Å². The van der Waals surface area contributed by atoms with Gasteiger partial charge in [-0.1, -0.05) is 52.3 Å². The van der Waals surface area contributed by atoms with Gasteiger partial charge in [0.25, 0.3) is 0 Å². The third kappa shape index (κ3) is 4.37. The van der Waals surface area contributed by atoms with Crippen LogP contribution in [0.1, 0.15) is 12.8 Å². The number of benzene rings is 2. The number of aromatic hydroxyl groups is 1. The lowest BCUT2D eigenvalue weighted by Gasteiger charge is -2.11. The molecule has 0 spiro atoms. The first-order valence-electron chi connectivity index (χ1n) is 8.78. The zero-order valence-corrected chi connectivity index (χ0v) is 17.4. The van der Waals surface area contributed by atoms with Crippen molar-refractivity contribution in [2.75, 3.05) is 17.3 Å². The number of halogens is 1. The first-order valence-corrected chi connectivity index (χ1v) is 11.4. The topological polar surface area (TPSA) is 96.2 Å². The van der Waals surface area contributed by atoms with Crippen LogP contribution in [0.4, 0.5) is 5.82 Å². The van der Waals surface area contributed by atoms with Crippen LogP contribution in [0, 0.1) is 0 Å². The quantitative estimate of drug-likeness (QED) is 0.254. The minimum Gasteiger partial charge on any atom is -0.502 e. The Morgan fingerprint density at radius 3 is 2.29 bits per heavy atom. The van der Waals surface area contributed by atoms with Crippen LogP contribution in [-0.4, -0.2) is 35.2 Å². The fourth-order valence-electron chi connectivity index (χ4n) is 2.60. The van der Waals surface area contributed by atoms with E-state index in [2.05, 4.69) is 31.9 Å². The molecule has 0 aliphatic heterocycles. The average molecular weight is 465 g/mol. The number of rotatable bonds is 9. The van der Waals surface area contributed by atoms with Gasteiger partial charge in [-0.25, -0.2) is 18.5 Å². The Kier molecular flexibility index (Phi) is 6.71. The van der Waals surface area contributed by atoms with Crippen LogP contribution in [0.5, 0.6) is 5.75 Å². The Bertz CT molecular complexity index is 1010. The zero-order valence-electron chi connectivity index (χ0n) is 15.0. The van der Waals surface area contributed by atoms with E-state index in [1.165, 1.54) is 16.8 Å². The molecule has 0 atom stereocenters. The Labute approximate surface area is 172 Å². The molecule has 0 aliphatic carbocycles. The van der Waals surface area contributed by atoms with Crippen molar-refractivity contribution in [3.63, 3.8) is 0 Å². The van der Waals surface area contributed by atoms with Crippen molar-refractivity contribution in [3.05, 3.63) is 60.7 Å². The molecule has 3 rings (SSSR count). The van der Waals surface area contributed by atoms with E-state index < -0.39 is 20.6 Å². The van der Waals surface area contributed by atoms with Crippen LogP contribution in [-0.2, 0) is 9.84 Å². The summed E-state index contributed by atoms with van der Waals surface area (Å²) in [7, 11) is -3.97. The van der Waals surface area contributed by atoms with Gasteiger partial charge < -0.3 is 10.5 Å². The second-order valence-electron chi connectivity index (χ2n) is 6.01. The smallest absolute Gasteiger partial charge is 0.229 e. The third-order valence-corrected chi connectivity index (χ3v) is 6.27. The third-order valence-electron chi connectivity index (χ3n) is 4.03.